The van der Waals surface area contributed by atoms with Gasteiger partial charge < -0.3 is 25.4 Å². The Labute approximate surface area is 248 Å². The highest BCUT2D eigenvalue weighted by Crippen LogP contribution is 2.27. The van der Waals surface area contributed by atoms with Gasteiger partial charge in [0.05, 0.1) is 6.33 Å². The van der Waals surface area contributed by atoms with Gasteiger partial charge in [0.2, 0.25) is 0 Å². The summed E-state index contributed by atoms with van der Waals surface area (Å²) in [5.41, 5.74) is 7.92. The number of likely N-dealkylation sites (tertiary alicyclic amines) is 2. The molecule has 226 valence electrons. The molecule has 0 spiro atoms. The van der Waals surface area contributed by atoms with Crippen LogP contribution in [0.5, 0.6) is 0 Å². The molecule has 0 unspecified atom stereocenters. The first kappa shape index (κ1) is 30.2. The van der Waals surface area contributed by atoms with Crippen LogP contribution < -0.4 is 11.1 Å². The van der Waals surface area contributed by atoms with E-state index in [1.807, 2.05) is 35.0 Å². The van der Waals surface area contributed by atoms with Gasteiger partial charge in [-0.1, -0.05) is 38.5 Å². The Morgan fingerprint density at radius 1 is 0.756 bits per heavy atom. The van der Waals surface area contributed by atoms with Crippen molar-refractivity contribution in [3.8, 4) is 5.69 Å². The second-order valence-electron chi connectivity index (χ2n) is 13.1. The molecule has 7 nitrogen and oxygen atoms in total. The van der Waals surface area contributed by atoms with Gasteiger partial charge in [0.15, 0.2) is 0 Å². The van der Waals surface area contributed by atoms with Crippen molar-refractivity contribution in [3.63, 3.8) is 0 Å². The summed E-state index contributed by atoms with van der Waals surface area (Å²) in [5, 5.41) is 3.34. The molecule has 2 saturated heterocycles. The van der Waals surface area contributed by atoms with Gasteiger partial charge in [0.1, 0.15) is 0 Å². The van der Waals surface area contributed by atoms with Crippen molar-refractivity contribution < 1.29 is 4.79 Å². The van der Waals surface area contributed by atoms with Crippen molar-refractivity contribution in [1.29, 1.82) is 0 Å². The number of nitrogens with two attached hydrogens (primary N) is 1. The van der Waals surface area contributed by atoms with Gasteiger partial charge in [-0.05, 0) is 114 Å². The molecule has 4 aliphatic rings. The standard InChI is InChI=1S/C22H30N4O.C12H24N2/c27-22(18-8-10-20(11-9-18)26-15-12-23-17-26)24-21-7-3-2-6-19(21)16-25-13-4-1-5-14-25;13-12-7-3-2-6-11(12)10-14-8-4-1-5-9-14/h8-12,15,17,19,21H,1-7,13-14,16H2,(H,24,27);11-12H,1-10,13H2/t19-,21+;11-,12+/m00/s1. The van der Waals surface area contributed by atoms with Crippen LogP contribution in [0.15, 0.2) is 43.0 Å². The highest BCUT2D eigenvalue weighted by Gasteiger charge is 2.29. The molecule has 1 amide bonds. The van der Waals surface area contributed by atoms with E-state index < -0.39 is 0 Å². The van der Waals surface area contributed by atoms with Crippen LogP contribution >= 0.6 is 0 Å². The first-order valence-electron chi connectivity index (χ1n) is 16.8. The number of hydrogen-bond acceptors (Lipinski definition) is 5. The molecule has 41 heavy (non-hydrogen) atoms. The van der Waals surface area contributed by atoms with Gasteiger partial charge >= 0.3 is 0 Å². The zero-order valence-electron chi connectivity index (χ0n) is 25.3. The molecule has 2 saturated carbocycles. The summed E-state index contributed by atoms with van der Waals surface area (Å²) in [4.78, 5) is 22.1. The van der Waals surface area contributed by atoms with Crippen LogP contribution in [0, 0.1) is 11.8 Å². The molecule has 2 aliphatic carbocycles. The topological polar surface area (TPSA) is 79.4 Å². The Bertz CT molecular complexity index is 1010. The van der Waals surface area contributed by atoms with Gasteiger partial charge in [-0.2, -0.15) is 0 Å². The number of hydrogen-bond donors (Lipinski definition) is 2. The molecular formula is C34H54N6O. The lowest BCUT2D eigenvalue weighted by molar-refractivity contribution is 0.0877. The Morgan fingerprint density at radius 3 is 1.95 bits per heavy atom. The number of nitrogens with one attached hydrogen (secondary N) is 1. The Morgan fingerprint density at radius 2 is 1.34 bits per heavy atom. The fraction of sp³-hybridized carbons (Fsp3) is 0.706. The van der Waals surface area contributed by atoms with E-state index in [4.69, 9.17) is 5.73 Å². The third-order valence-electron chi connectivity index (χ3n) is 10.0. The maximum atomic E-state index is 12.8. The largest absolute Gasteiger partial charge is 0.349 e. The molecule has 3 N–H and O–H groups in total. The van der Waals surface area contributed by atoms with Gasteiger partial charge in [-0.25, -0.2) is 4.98 Å². The smallest absolute Gasteiger partial charge is 0.251 e. The first-order valence-corrected chi connectivity index (χ1v) is 16.8. The van der Waals surface area contributed by atoms with Gasteiger partial charge in [-0.3, -0.25) is 4.79 Å². The minimum Gasteiger partial charge on any atom is -0.349 e. The van der Waals surface area contributed by atoms with Gasteiger partial charge in [-0.15, -0.1) is 0 Å². The average molecular weight is 563 g/mol. The predicted molar refractivity (Wildman–Crippen MR) is 167 cm³/mol. The number of benzene rings is 1. The van der Waals surface area contributed by atoms with E-state index in [9.17, 15) is 4.79 Å². The number of nitrogens with zero attached hydrogens (tertiary/aromatic N) is 4. The highest BCUT2D eigenvalue weighted by atomic mass is 16.1. The minimum absolute atomic E-state index is 0.0581. The molecule has 6 rings (SSSR count). The number of piperidine rings is 2. The van der Waals surface area contributed by atoms with Crippen molar-refractivity contribution in [2.45, 2.75) is 102 Å². The Kier molecular flexibility index (Phi) is 11.7. The zero-order chi connectivity index (χ0) is 28.3. The first-order chi connectivity index (χ1) is 20.2. The minimum atomic E-state index is 0.0581. The van der Waals surface area contributed by atoms with Crippen LogP contribution in [0.25, 0.3) is 5.69 Å². The van der Waals surface area contributed by atoms with E-state index >= 15 is 0 Å². The van der Waals surface area contributed by atoms with Crippen molar-refractivity contribution in [2.24, 2.45) is 17.6 Å². The van der Waals surface area contributed by atoms with E-state index in [0.717, 1.165) is 30.1 Å². The van der Waals surface area contributed by atoms with E-state index in [-0.39, 0.29) is 5.91 Å². The van der Waals surface area contributed by atoms with E-state index in [1.54, 1.807) is 12.5 Å². The van der Waals surface area contributed by atoms with Gasteiger partial charge in [0, 0.05) is 48.8 Å². The van der Waals surface area contributed by atoms with Gasteiger partial charge in [0.25, 0.3) is 5.91 Å². The molecule has 4 atom stereocenters. The molecular weight excluding hydrogens is 508 g/mol. The lowest BCUT2D eigenvalue weighted by Gasteiger charge is -2.37. The van der Waals surface area contributed by atoms with Crippen LogP contribution in [0.3, 0.4) is 0 Å². The number of amides is 1. The van der Waals surface area contributed by atoms with Crippen molar-refractivity contribution in [1.82, 2.24) is 24.7 Å². The van der Waals surface area contributed by atoms with Crippen LogP contribution in [0.1, 0.15) is 100 Å². The molecule has 4 fully saturated rings. The summed E-state index contributed by atoms with van der Waals surface area (Å²) in [6.07, 6.45) is 24.0. The summed E-state index contributed by atoms with van der Waals surface area (Å²) < 4.78 is 1.94. The fourth-order valence-corrected chi connectivity index (χ4v) is 7.47. The molecule has 2 aliphatic heterocycles. The molecule has 1 aromatic heterocycles. The number of aromatic nitrogens is 2. The quantitative estimate of drug-likeness (QED) is 0.457. The number of imidazole rings is 1. The lowest BCUT2D eigenvalue weighted by atomic mass is 9.83. The third-order valence-corrected chi connectivity index (χ3v) is 10.0. The normalized spacial score (nSPS) is 27.9. The second kappa shape index (κ2) is 15.9. The van der Waals surface area contributed by atoms with Crippen molar-refractivity contribution in [2.75, 3.05) is 39.3 Å². The highest BCUT2D eigenvalue weighted by molar-refractivity contribution is 5.94. The Hall–Kier alpha value is -2.22. The third kappa shape index (κ3) is 9.13. The Balaban J connectivity index is 0.000000202. The summed E-state index contributed by atoms with van der Waals surface area (Å²) in [6, 6.07) is 8.57. The summed E-state index contributed by atoms with van der Waals surface area (Å²) in [5.74, 6) is 1.44. The number of rotatable bonds is 7. The van der Waals surface area contributed by atoms with E-state index in [1.165, 1.54) is 116 Å². The van der Waals surface area contributed by atoms with Crippen LogP contribution in [0.2, 0.25) is 0 Å². The van der Waals surface area contributed by atoms with E-state index in [0.29, 0.717) is 18.0 Å². The predicted octanol–water partition coefficient (Wildman–Crippen LogP) is 5.64. The van der Waals surface area contributed by atoms with Crippen LogP contribution in [-0.4, -0.2) is 76.6 Å². The van der Waals surface area contributed by atoms with Crippen molar-refractivity contribution >= 4 is 5.91 Å². The summed E-state index contributed by atoms with van der Waals surface area (Å²) in [7, 11) is 0. The maximum Gasteiger partial charge on any atom is 0.251 e. The molecule has 7 heteroatoms. The second-order valence-corrected chi connectivity index (χ2v) is 13.1. The van der Waals surface area contributed by atoms with Crippen LogP contribution in [-0.2, 0) is 0 Å². The summed E-state index contributed by atoms with van der Waals surface area (Å²) in [6.45, 7) is 7.53. The molecule has 2 aromatic rings. The molecule has 0 bridgehead atoms. The average Bonchev–Trinajstić information content (AvgIpc) is 3.56. The van der Waals surface area contributed by atoms with E-state index in [2.05, 4.69) is 20.1 Å². The van der Waals surface area contributed by atoms with Crippen LogP contribution in [0.4, 0.5) is 0 Å². The SMILES string of the molecule is N[C@@H]1CCCC[C@H]1CN1CCCCC1.O=C(N[C@@H]1CCCC[C@H]1CN1CCCCC1)c1ccc(-n2ccnc2)cc1. The number of carbonyl (C=O) groups is 1. The lowest BCUT2D eigenvalue weighted by Crippen LogP contribution is -2.47. The van der Waals surface area contributed by atoms with Crippen molar-refractivity contribution in [3.05, 3.63) is 48.5 Å². The zero-order valence-corrected chi connectivity index (χ0v) is 25.3. The fourth-order valence-electron chi connectivity index (χ4n) is 7.47. The summed E-state index contributed by atoms with van der Waals surface area (Å²) >= 11 is 0. The number of carbonyl (C=O) groups excluding carboxylic acids is 1. The maximum absolute atomic E-state index is 12.8. The molecule has 0 radical (unpaired) electrons. The molecule has 1 aromatic carbocycles. The monoisotopic (exact) mass is 562 g/mol. The molecule has 3 heterocycles.